The molecule has 3 rings (SSSR count). The van der Waals surface area contributed by atoms with E-state index in [9.17, 15) is 9.59 Å². The van der Waals surface area contributed by atoms with Gasteiger partial charge in [0, 0.05) is 18.7 Å². The van der Waals surface area contributed by atoms with Crippen LogP contribution in [0.1, 0.15) is 37.4 Å². The summed E-state index contributed by atoms with van der Waals surface area (Å²) in [5.74, 6) is -0.673. The summed E-state index contributed by atoms with van der Waals surface area (Å²) in [4.78, 5) is 22.8. The number of rotatable bonds is 7. The average molecular weight is 529 g/mol. The lowest BCUT2D eigenvalue weighted by atomic mass is 9.95. The second-order valence-electron chi connectivity index (χ2n) is 7.34. The Bertz CT molecular complexity index is 1130. The minimum atomic E-state index is -0.338. The van der Waals surface area contributed by atoms with Crippen LogP contribution in [-0.2, 0) is 32.2 Å². The molecular formula is C27H29BrO6. The Morgan fingerprint density at radius 2 is 1.24 bits per heavy atom. The van der Waals surface area contributed by atoms with Gasteiger partial charge in [0.2, 0.25) is 0 Å². The summed E-state index contributed by atoms with van der Waals surface area (Å²) >= 11 is 3.37. The van der Waals surface area contributed by atoms with Crippen molar-refractivity contribution in [1.29, 1.82) is 0 Å². The average Bonchev–Trinajstić information content (AvgIpc) is 2.85. The van der Waals surface area contributed by atoms with Crippen LogP contribution in [0.5, 0.6) is 0 Å². The molecule has 0 radical (unpaired) electrons. The third kappa shape index (κ3) is 7.25. The van der Waals surface area contributed by atoms with Crippen molar-refractivity contribution in [2.24, 2.45) is 0 Å². The highest BCUT2D eigenvalue weighted by Crippen LogP contribution is 2.28. The van der Waals surface area contributed by atoms with Gasteiger partial charge in [0.1, 0.15) is 0 Å². The van der Waals surface area contributed by atoms with Gasteiger partial charge >= 0.3 is 11.9 Å². The van der Waals surface area contributed by atoms with Crippen LogP contribution in [0.15, 0.2) is 65.1 Å². The van der Waals surface area contributed by atoms with Gasteiger partial charge in [-0.25, -0.2) is 9.59 Å². The molecule has 34 heavy (non-hydrogen) atoms. The number of aryl methyl sites for hydroxylation is 1. The van der Waals surface area contributed by atoms with E-state index in [0.29, 0.717) is 24.3 Å². The van der Waals surface area contributed by atoms with E-state index in [1.54, 1.807) is 38.5 Å². The first-order valence-electron chi connectivity index (χ1n) is 10.5. The lowest BCUT2D eigenvalue weighted by Crippen LogP contribution is -2.03. The molecule has 180 valence electrons. The molecule has 7 heteroatoms. The van der Waals surface area contributed by atoms with E-state index in [4.69, 9.17) is 14.2 Å². The van der Waals surface area contributed by atoms with Gasteiger partial charge in [0.25, 0.3) is 0 Å². The van der Waals surface area contributed by atoms with Crippen LogP contribution < -0.4 is 0 Å². The minimum Gasteiger partial charge on any atom is -0.465 e. The molecule has 0 heterocycles. The fourth-order valence-corrected chi connectivity index (χ4v) is 3.70. The first-order valence-corrected chi connectivity index (χ1v) is 11.3. The van der Waals surface area contributed by atoms with E-state index >= 15 is 0 Å². The number of esters is 2. The zero-order valence-electron chi connectivity index (χ0n) is 20.0. The zero-order chi connectivity index (χ0) is 25.1. The second kappa shape index (κ2) is 13.6. The minimum absolute atomic E-state index is 0.335. The van der Waals surface area contributed by atoms with E-state index in [-0.39, 0.29) is 11.9 Å². The maximum Gasteiger partial charge on any atom is 0.337 e. The topological polar surface area (TPSA) is 71.1 Å². The van der Waals surface area contributed by atoms with Gasteiger partial charge in [-0.15, -0.1) is 0 Å². The number of hydrogen-bond donors (Lipinski definition) is 0. The molecule has 0 fully saturated rings. The molecular weight excluding hydrogens is 500 g/mol. The Kier molecular flexibility index (Phi) is 10.9. The van der Waals surface area contributed by atoms with Crippen LogP contribution in [-0.4, -0.2) is 40.4 Å². The molecule has 6 nitrogen and oxygen atoms in total. The molecule has 3 aromatic rings. The Hall–Kier alpha value is -3.00. The first kappa shape index (κ1) is 27.2. The summed E-state index contributed by atoms with van der Waals surface area (Å²) in [6, 6.07) is 19.0. The fourth-order valence-electron chi connectivity index (χ4n) is 3.34. The van der Waals surface area contributed by atoms with Crippen molar-refractivity contribution >= 4 is 27.9 Å². The van der Waals surface area contributed by atoms with Crippen molar-refractivity contribution in [1.82, 2.24) is 0 Å². The van der Waals surface area contributed by atoms with Crippen LogP contribution in [0.4, 0.5) is 0 Å². The molecule has 0 unspecified atom stereocenters. The van der Waals surface area contributed by atoms with Crippen molar-refractivity contribution in [2.45, 2.75) is 20.1 Å². The summed E-state index contributed by atoms with van der Waals surface area (Å²) in [6.07, 6.45) is 0. The molecule has 0 saturated heterocycles. The van der Waals surface area contributed by atoms with E-state index in [0.717, 1.165) is 26.7 Å². The quantitative estimate of drug-likeness (QED) is 0.351. The number of methoxy groups -OCH3 is 4. The van der Waals surface area contributed by atoms with Crippen LogP contribution in [0, 0.1) is 6.92 Å². The number of carbonyl (C=O) groups excluding carboxylic acids is 2. The van der Waals surface area contributed by atoms with Crippen molar-refractivity contribution in [2.75, 3.05) is 28.4 Å². The summed E-state index contributed by atoms with van der Waals surface area (Å²) in [7, 11) is 6.00. The molecule has 0 amide bonds. The van der Waals surface area contributed by atoms with E-state index < -0.39 is 0 Å². The van der Waals surface area contributed by atoms with E-state index in [2.05, 4.69) is 39.7 Å². The molecule has 0 aliphatic rings. The number of hydrogen-bond acceptors (Lipinski definition) is 6. The van der Waals surface area contributed by atoms with Crippen molar-refractivity contribution in [3.8, 4) is 11.1 Å². The van der Waals surface area contributed by atoms with Gasteiger partial charge in [0.05, 0.1) is 38.6 Å². The van der Waals surface area contributed by atoms with Gasteiger partial charge in [-0.1, -0.05) is 46.3 Å². The van der Waals surface area contributed by atoms with E-state index in [1.807, 2.05) is 24.3 Å². The molecule has 0 N–H and O–H groups in total. The Labute approximate surface area is 208 Å². The summed E-state index contributed by atoms with van der Waals surface area (Å²) in [5, 5.41) is 0. The van der Waals surface area contributed by atoms with Crippen molar-refractivity contribution < 1.29 is 28.5 Å². The van der Waals surface area contributed by atoms with Crippen molar-refractivity contribution in [3.63, 3.8) is 0 Å². The van der Waals surface area contributed by atoms with Gasteiger partial charge in [-0.05, 0) is 65.1 Å². The zero-order valence-corrected chi connectivity index (χ0v) is 21.6. The van der Waals surface area contributed by atoms with Crippen molar-refractivity contribution in [3.05, 3.63) is 93.0 Å². The third-order valence-electron chi connectivity index (χ3n) is 5.03. The fraction of sp³-hybridized carbons (Fsp3) is 0.259. The number of carbonyl (C=O) groups is 2. The SMILES string of the molecule is COCc1cc(C(=O)OC)ccc1-c1ccccc1C.COCc1cc(C(=O)OC)ccc1Br. The third-order valence-corrected chi connectivity index (χ3v) is 5.80. The van der Waals surface area contributed by atoms with Crippen LogP contribution in [0.3, 0.4) is 0 Å². The standard InChI is InChI=1S/C17H18O3.C10H11BrO3/c1-12-6-4-5-7-15(12)16-9-8-13(17(18)20-3)10-14(16)11-19-2;1-13-6-8-5-7(10(12)14-2)3-4-9(8)11/h4-10H,11H2,1-3H3;3-5H,6H2,1-2H3. The highest BCUT2D eigenvalue weighted by Gasteiger charge is 2.12. The Morgan fingerprint density at radius 1 is 0.706 bits per heavy atom. The van der Waals surface area contributed by atoms with Crippen LogP contribution >= 0.6 is 15.9 Å². The highest BCUT2D eigenvalue weighted by molar-refractivity contribution is 9.10. The number of halogens is 1. The van der Waals surface area contributed by atoms with Crippen LogP contribution in [0.2, 0.25) is 0 Å². The predicted molar refractivity (Wildman–Crippen MR) is 135 cm³/mol. The smallest absolute Gasteiger partial charge is 0.337 e. The maximum absolute atomic E-state index is 11.6. The molecule has 3 aromatic carbocycles. The summed E-state index contributed by atoms with van der Waals surface area (Å²) in [6.45, 7) is 2.99. The summed E-state index contributed by atoms with van der Waals surface area (Å²) in [5.41, 5.74) is 6.39. The monoisotopic (exact) mass is 528 g/mol. The number of benzene rings is 3. The van der Waals surface area contributed by atoms with E-state index in [1.165, 1.54) is 19.8 Å². The lowest BCUT2D eigenvalue weighted by molar-refractivity contribution is 0.0591. The van der Waals surface area contributed by atoms with Gasteiger partial charge in [-0.2, -0.15) is 0 Å². The Morgan fingerprint density at radius 3 is 1.79 bits per heavy atom. The van der Waals surface area contributed by atoms with Gasteiger partial charge < -0.3 is 18.9 Å². The lowest BCUT2D eigenvalue weighted by Gasteiger charge is -2.13. The largest absolute Gasteiger partial charge is 0.465 e. The molecule has 0 aromatic heterocycles. The summed E-state index contributed by atoms with van der Waals surface area (Å²) < 4.78 is 20.5. The predicted octanol–water partition coefficient (Wildman–Crippen LogP) is 5.98. The maximum atomic E-state index is 11.6. The Balaban J connectivity index is 0.000000257. The van der Waals surface area contributed by atoms with Gasteiger partial charge in [0.15, 0.2) is 0 Å². The molecule has 0 aliphatic heterocycles. The number of ether oxygens (including phenoxy) is 4. The molecule has 0 atom stereocenters. The first-order chi connectivity index (χ1) is 16.4. The molecule has 0 spiro atoms. The molecule has 0 aliphatic carbocycles. The molecule has 0 saturated carbocycles. The van der Waals surface area contributed by atoms with Gasteiger partial charge in [-0.3, -0.25) is 0 Å². The normalized spacial score (nSPS) is 10.2. The second-order valence-corrected chi connectivity index (χ2v) is 8.20. The molecule has 0 bridgehead atoms. The highest BCUT2D eigenvalue weighted by atomic mass is 79.9. The van der Waals surface area contributed by atoms with Crippen LogP contribution in [0.25, 0.3) is 11.1 Å².